The predicted molar refractivity (Wildman–Crippen MR) is 99.9 cm³/mol. The summed E-state index contributed by atoms with van der Waals surface area (Å²) in [5.74, 6) is -0.168. The minimum absolute atomic E-state index is 0.168. The zero-order valence-corrected chi connectivity index (χ0v) is 14.4. The van der Waals surface area contributed by atoms with E-state index in [1.807, 2.05) is 41.8 Å². The smallest absolute Gasteiger partial charge is 0.258 e. The Hall–Kier alpha value is -2.57. The molecule has 1 aromatic carbocycles. The number of pyridine rings is 1. The van der Waals surface area contributed by atoms with E-state index < -0.39 is 0 Å². The van der Waals surface area contributed by atoms with Gasteiger partial charge in [0.15, 0.2) is 5.13 Å². The number of hydrogen-bond acceptors (Lipinski definition) is 5. The number of benzene rings is 1. The summed E-state index contributed by atoms with van der Waals surface area (Å²) in [6, 6.07) is 13.7. The number of amides is 1. The Balaban J connectivity index is 1.84. The summed E-state index contributed by atoms with van der Waals surface area (Å²) < 4.78 is 0. The van der Waals surface area contributed by atoms with Gasteiger partial charge in [0.25, 0.3) is 5.91 Å². The third-order valence-corrected chi connectivity index (χ3v) is 5.32. The largest absolute Gasteiger partial charge is 0.298 e. The number of anilines is 1. The van der Waals surface area contributed by atoms with Gasteiger partial charge in [-0.3, -0.25) is 10.1 Å². The van der Waals surface area contributed by atoms with Crippen LogP contribution in [0, 0.1) is 6.92 Å². The third-order valence-electron chi connectivity index (χ3n) is 3.61. The van der Waals surface area contributed by atoms with Gasteiger partial charge in [-0.2, -0.15) is 0 Å². The van der Waals surface area contributed by atoms with Crippen molar-refractivity contribution >= 4 is 44.6 Å². The molecule has 0 aliphatic carbocycles. The zero-order valence-electron chi connectivity index (χ0n) is 12.8. The maximum atomic E-state index is 12.7. The van der Waals surface area contributed by atoms with Crippen LogP contribution in [0.3, 0.4) is 0 Å². The number of thiophene rings is 1. The summed E-state index contributed by atoms with van der Waals surface area (Å²) in [6.07, 6.45) is 1.67. The summed E-state index contributed by atoms with van der Waals surface area (Å²) in [6.45, 7) is 2.06. The van der Waals surface area contributed by atoms with Gasteiger partial charge >= 0.3 is 0 Å². The van der Waals surface area contributed by atoms with Crippen molar-refractivity contribution in [3.63, 3.8) is 0 Å². The summed E-state index contributed by atoms with van der Waals surface area (Å²) in [5, 5.41) is 6.12. The number of carbonyl (C=O) groups is 1. The van der Waals surface area contributed by atoms with Gasteiger partial charge < -0.3 is 0 Å². The number of rotatable bonds is 3. The number of aromatic nitrogens is 2. The predicted octanol–water partition coefficient (Wildman–Crippen LogP) is 4.98. The molecule has 3 heterocycles. The van der Waals surface area contributed by atoms with Crippen molar-refractivity contribution in [3.8, 4) is 10.6 Å². The lowest BCUT2D eigenvalue weighted by Crippen LogP contribution is -2.12. The average Bonchev–Trinajstić information content (AvgIpc) is 3.25. The van der Waals surface area contributed by atoms with Gasteiger partial charge in [0.2, 0.25) is 0 Å². The van der Waals surface area contributed by atoms with Crippen LogP contribution >= 0.6 is 22.7 Å². The lowest BCUT2D eigenvalue weighted by Gasteiger charge is -2.08. The Labute approximate surface area is 146 Å². The SMILES string of the molecule is Cc1ccc(-c2cc(C(=O)Nc3nccs3)c3ccccc3n2)s1. The first kappa shape index (κ1) is 15.0. The van der Waals surface area contributed by atoms with Crippen LogP contribution in [0.5, 0.6) is 0 Å². The van der Waals surface area contributed by atoms with E-state index in [9.17, 15) is 4.79 Å². The van der Waals surface area contributed by atoms with Gasteiger partial charge in [-0.05, 0) is 31.2 Å². The quantitative estimate of drug-likeness (QED) is 0.566. The highest BCUT2D eigenvalue weighted by molar-refractivity contribution is 7.15. The Morgan fingerprint density at radius 3 is 2.79 bits per heavy atom. The first-order chi connectivity index (χ1) is 11.7. The van der Waals surface area contributed by atoms with Crippen molar-refractivity contribution in [1.82, 2.24) is 9.97 Å². The number of thiazole rings is 1. The van der Waals surface area contributed by atoms with Gasteiger partial charge in [0.05, 0.1) is 21.7 Å². The van der Waals surface area contributed by atoms with Crippen LogP contribution in [0.4, 0.5) is 5.13 Å². The maximum absolute atomic E-state index is 12.7. The van der Waals surface area contributed by atoms with Gasteiger partial charge in [0.1, 0.15) is 0 Å². The molecule has 0 bridgehead atoms. The molecule has 0 unspecified atom stereocenters. The minimum Gasteiger partial charge on any atom is -0.298 e. The first-order valence-corrected chi connectivity index (χ1v) is 9.08. The fourth-order valence-electron chi connectivity index (χ4n) is 2.51. The Bertz CT molecular complexity index is 1020. The van der Waals surface area contributed by atoms with Crippen LogP contribution in [0.1, 0.15) is 15.2 Å². The maximum Gasteiger partial charge on any atom is 0.258 e. The highest BCUT2D eigenvalue weighted by Crippen LogP contribution is 2.30. The molecule has 0 aliphatic heterocycles. The van der Waals surface area contributed by atoms with E-state index in [-0.39, 0.29) is 5.91 Å². The van der Waals surface area contributed by atoms with Crippen LogP contribution in [0.15, 0.2) is 54.0 Å². The monoisotopic (exact) mass is 351 g/mol. The molecule has 0 saturated carbocycles. The summed E-state index contributed by atoms with van der Waals surface area (Å²) >= 11 is 3.07. The van der Waals surface area contributed by atoms with Crippen molar-refractivity contribution in [3.05, 3.63) is 64.5 Å². The van der Waals surface area contributed by atoms with Crippen molar-refractivity contribution in [2.45, 2.75) is 6.92 Å². The molecule has 0 aliphatic rings. The second-order valence-electron chi connectivity index (χ2n) is 5.27. The van der Waals surface area contributed by atoms with Crippen LogP contribution in [-0.4, -0.2) is 15.9 Å². The van der Waals surface area contributed by atoms with Crippen LogP contribution in [0.2, 0.25) is 0 Å². The Kier molecular flexibility index (Phi) is 3.84. The number of nitrogens with zero attached hydrogens (tertiary/aromatic N) is 2. The number of fused-ring (bicyclic) bond motifs is 1. The molecule has 1 amide bonds. The van der Waals surface area contributed by atoms with Crippen LogP contribution in [0.25, 0.3) is 21.5 Å². The summed E-state index contributed by atoms with van der Waals surface area (Å²) in [5.41, 5.74) is 2.23. The molecule has 24 heavy (non-hydrogen) atoms. The molecule has 0 atom stereocenters. The van der Waals surface area contributed by atoms with Crippen molar-refractivity contribution < 1.29 is 4.79 Å². The molecule has 118 valence electrons. The number of aryl methyl sites for hydroxylation is 1. The molecule has 0 saturated heterocycles. The number of hydrogen-bond donors (Lipinski definition) is 1. The number of carbonyl (C=O) groups excluding carboxylic acids is 1. The standard InChI is InChI=1S/C18H13N3OS2/c1-11-6-7-16(24-11)15-10-13(12-4-2-3-5-14(12)20-15)17(22)21-18-19-8-9-23-18/h2-10H,1H3,(H,19,21,22). The fraction of sp³-hybridized carbons (Fsp3) is 0.0556. The average molecular weight is 351 g/mol. The minimum atomic E-state index is -0.168. The van der Waals surface area contributed by atoms with E-state index in [1.165, 1.54) is 16.2 Å². The normalized spacial score (nSPS) is 10.9. The number of para-hydroxylation sites is 1. The van der Waals surface area contributed by atoms with E-state index in [0.29, 0.717) is 10.7 Å². The van der Waals surface area contributed by atoms with Gasteiger partial charge in [-0.15, -0.1) is 22.7 Å². The van der Waals surface area contributed by atoms with E-state index in [4.69, 9.17) is 4.98 Å². The Morgan fingerprint density at radius 2 is 2.04 bits per heavy atom. The zero-order chi connectivity index (χ0) is 16.5. The van der Waals surface area contributed by atoms with Crippen molar-refractivity contribution in [1.29, 1.82) is 0 Å². The first-order valence-electron chi connectivity index (χ1n) is 7.38. The molecule has 0 spiro atoms. The second-order valence-corrected chi connectivity index (χ2v) is 7.46. The molecule has 0 radical (unpaired) electrons. The summed E-state index contributed by atoms with van der Waals surface area (Å²) in [4.78, 5) is 23.9. The van der Waals surface area contributed by atoms with E-state index in [2.05, 4.69) is 23.3 Å². The van der Waals surface area contributed by atoms with Crippen molar-refractivity contribution in [2.24, 2.45) is 0 Å². The van der Waals surface area contributed by atoms with Crippen LogP contribution < -0.4 is 5.32 Å². The van der Waals surface area contributed by atoms with Crippen LogP contribution in [-0.2, 0) is 0 Å². The van der Waals surface area contributed by atoms with Crippen molar-refractivity contribution in [2.75, 3.05) is 5.32 Å². The Morgan fingerprint density at radius 1 is 1.17 bits per heavy atom. The molecule has 6 heteroatoms. The summed E-state index contributed by atoms with van der Waals surface area (Å²) in [7, 11) is 0. The lowest BCUT2D eigenvalue weighted by molar-refractivity contribution is 0.102. The van der Waals surface area contributed by atoms with Gasteiger partial charge in [0, 0.05) is 21.8 Å². The molecule has 3 aromatic heterocycles. The topological polar surface area (TPSA) is 54.9 Å². The lowest BCUT2D eigenvalue weighted by atomic mass is 10.1. The van der Waals surface area contributed by atoms with Gasteiger partial charge in [-0.1, -0.05) is 18.2 Å². The molecule has 0 fully saturated rings. The highest BCUT2D eigenvalue weighted by Gasteiger charge is 2.15. The van der Waals surface area contributed by atoms with E-state index in [1.54, 1.807) is 17.5 Å². The molecule has 4 nitrogen and oxygen atoms in total. The number of nitrogens with one attached hydrogen (secondary N) is 1. The molecular weight excluding hydrogens is 338 g/mol. The molecule has 1 N–H and O–H groups in total. The molecule has 4 rings (SSSR count). The second kappa shape index (κ2) is 6.14. The van der Waals surface area contributed by atoms with E-state index in [0.717, 1.165) is 21.5 Å². The van der Waals surface area contributed by atoms with Gasteiger partial charge in [-0.25, -0.2) is 9.97 Å². The third kappa shape index (κ3) is 2.81. The molecule has 4 aromatic rings. The molecular formula is C18H13N3OS2. The highest BCUT2D eigenvalue weighted by atomic mass is 32.1. The van der Waals surface area contributed by atoms with E-state index >= 15 is 0 Å². The fourth-order valence-corrected chi connectivity index (χ4v) is 3.86.